The number of aliphatic imine (C=N–C) groups is 2. The van der Waals surface area contributed by atoms with E-state index in [0.717, 1.165) is 32.5 Å². The highest BCUT2D eigenvalue weighted by atomic mass is 32.2. The van der Waals surface area contributed by atoms with Gasteiger partial charge in [-0.1, -0.05) is 0 Å². The molecular weight excluding hydrogens is 472 g/mol. The number of anilines is 1. The minimum absolute atomic E-state index is 0.181. The fourth-order valence-electron chi connectivity index (χ4n) is 4.84. The lowest BCUT2D eigenvalue weighted by atomic mass is 10.1. The Hall–Kier alpha value is -2.82. The molecule has 194 valence electrons. The van der Waals surface area contributed by atoms with Gasteiger partial charge in [0.25, 0.3) is 5.88 Å². The van der Waals surface area contributed by atoms with E-state index in [-0.39, 0.29) is 11.7 Å². The second kappa shape index (κ2) is 12.4. The summed E-state index contributed by atoms with van der Waals surface area (Å²) in [7, 11) is 4.08. The molecule has 2 aliphatic rings. The quantitative estimate of drug-likeness (QED) is 0.285. The summed E-state index contributed by atoms with van der Waals surface area (Å²) in [4.78, 5) is 14.4. The van der Waals surface area contributed by atoms with Gasteiger partial charge in [0.1, 0.15) is 0 Å². The molecule has 2 aliphatic heterocycles. The molecule has 0 spiro atoms. The summed E-state index contributed by atoms with van der Waals surface area (Å²) in [6.07, 6.45) is 10.6. The SMILES string of the molecule is C=N/C(Oc1cnn(C2CCN(C)CC2)c1)=C(/N)N=CCc1cc(SNC)cc(N2CCCC2C)c1. The Morgan fingerprint density at radius 1 is 1.28 bits per heavy atom. The van der Waals surface area contributed by atoms with Gasteiger partial charge in [-0.05, 0) is 102 Å². The second-order valence-corrected chi connectivity index (χ2v) is 10.6. The summed E-state index contributed by atoms with van der Waals surface area (Å²) in [5.74, 6) is 0.946. The van der Waals surface area contributed by atoms with E-state index in [9.17, 15) is 0 Å². The molecule has 2 saturated heterocycles. The third-order valence-corrected chi connectivity index (χ3v) is 7.51. The van der Waals surface area contributed by atoms with Crippen LogP contribution >= 0.6 is 11.9 Å². The summed E-state index contributed by atoms with van der Waals surface area (Å²) >= 11 is 1.62. The van der Waals surface area contributed by atoms with Crippen LogP contribution in [0.1, 0.15) is 44.2 Å². The van der Waals surface area contributed by atoms with Gasteiger partial charge >= 0.3 is 0 Å². The van der Waals surface area contributed by atoms with Crippen LogP contribution in [0.5, 0.6) is 5.75 Å². The van der Waals surface area contributed by atoms with Gasteiger partial charge in [0, 0.05) is 35.8 Å². The van der Waals surface area contributed by atoms with Crippen molar-refractivity contribution in [3.8, 4) is 5.75 Å². The predicted octanol–water partition coefficient (Wildman–Crippen LogP) is 3.84. The van der Waals surface area contributed by atoms with Gasteiger partial charge in [-0.2, -0.15) is 5.10 Å². The van der Waals surface area contributed by atoms with Crippen LogP contribution in [0.15, 0.2) is 57.2 Å². The number of nitrogens with zero attached hydrogens (tertiary/aromatic N) is 6. The average Bonchev–Trinajstić information content (AvgIpc) is 3.52. The average molecular weight is 511 g/mol. The van der Waals surface area contributed by atoms with E-state index in [1.165, 1.54) is 29.0 Å². The van der Waals surface area contributed by atoms with Gasteiger partial charge in [0.2, 0.25) is 0 Å². The number of piperidine rings is 1. The molecule has 1 atom stereocenters. The smallest absolute Gasteiger partial charge is 0.262 e. The third kappa shape index (κ3) is 6.68. The molecule has 1 unspecified atom stereocenters. The Labute approximate surface area is 218 Å². The summed E-state index contributed by atoms with van der Waals surface area (Å²) in [5, 5.41) is 4.48. The van der Waals surface area contributed by atoms with E-state index < -0.39 is 0 Å². The second-order valence-electron chi connectivity index (χ2n) is 9.48. The Morgan fingerprint density at radius 3 is 2.78 bits per heavy atom. The molecule has 1 aromatic heterocycles. The number of ether oxygens (including phenoxy) is 1. The highest BCUT2D eigenvalue weighted by molar-refractivity contribution is 7.97. The predicted molar refractivity (Wildman–Crippen MR) is 149 cm³/mol. The summed E-state index contributed by atoms with van der Waals surface area (Å²) in [6.45, 7) is 9.13. The van der Waals surface area contributed by atoms with Crippen molar-refractivity contribution in [2.45, 2.75) is 56.0 Å². The first kappa shape index (κ1) is 26.2. The summed E-state index contributed by atoms with van der Waals surface area (Å²) in [5.41, 5.74) is 8.63. The lowest BCUT2D eigenvalue weighted by Crippen LogP contribution is -2.31. The summed E-state index contributed by atoms with van der Waals surface area (Å²) < 4.78 is 11.0. The van der Waals surface area contributed by atoms with E-state index in [1.54, 1.807) is 24.4 Å². The van der Waals surface area contributed by atoms with Gasteiger partial charge in [0.15, 0.2) is 11.6 Å². The van der Waals surface area contributed by atoms with Crippen LogP contribution in [-0.4, -0.2) is 67.4 Å². The lowest BCUT2D eigenvalue weighted by molar-refractivity contribution is 0.212. The standard InChI is InChI=1S/C26H38N8OS/c1-19-6-5-11-33(19)22-14-20(15-24(16-22)36-29-3)7-10-30-25(27)26(28-2)35-23-17-31-34(18-23)21-8-12-32(4)13-9-21/h10,14-19,21,29H,2,5-9,11-13,27H2,1,3-4H3/b26-25+,30-10?. The number of aromatic nitrogens is 2. The third-order valence-electron chi connectivity index (χ3n) is 6.83. The van der Waals surface area contributed by atoms with Crippen molar-refractivity contribution in [3.63, 3.8) is 0 Å². The number of likely N-dealkylation sites (tertiary alicyclic amines) is 1. The van der Waals surface area contributed by atoms with Gasteiger partial charge < -0.3 is 20.3 Å². The topological polar surface area (TPSA) is 96.3 Å². The van der Waals surface area contributed by atoms with Crippen LogP contribution in [0, 0.1) is 0 Å². The fourth-order valence-corrected chi connectivity index (χ4v) is 5.46. The summed E-state index contributed by atoms with van der Waals surface area (Å²) in [6, 6.07) is 7.61. The van der Waals surface area contributed by atoms with E-state index in [2.05, 4.69) is 68.5 Å². The number of hydrogen-bond donors (Lipinski definition) is 2. The van der Waals surface area contributed by atoms with Crippen molar-refractivity contribution in [2.75, 3.05) is 38.6 Å². The molecule has 2 fully saturated rings. The van der Waals surface area contributed by atoms with Crippen LogP contribution in [0.4, 0.5) is 5.69 Å². The largest absolute Gasteiger partial charge is 0.433 e. The zero-order valence-corrected chi connectivity index (χ0v) is 22.4. The van der Waals surface area contributed by atoms with Crippen molar-refractivity contribution in [2.24, 2.45) is 15.7 Å². The van der Waals surface area contributed by atoms with Crippen LogP contribution in [0.25, 0.3) is 0 Å². The molecule has 2 aromatic rings. The normalized spacial score (nSPS) is 20.2. The molecule has 10 heteroatoms. The van der Waals surface area contributed by atoms with Crippen molar-refractivity contribution in [3.05, 3.63) is 47.9 Å². The minimum Gasteiger partial charge on any atom is -0.433 e. The first-order valence-corrected chi connectivity index (χ1v) is 13.4. The van der Waals surface area contributed by atoms with Gasteiger partial charge in [-0.15, -0.1) is 0 Å². The molecule has 3 heterocycles. The number of hydrogen-bond acceptors (Lipinski definition) is 9. The van der Waals surface area contributed by atoms with Gasteiger partial charge in [-0.3, -0.25) is 9.40 Å². The zero-order chi connectivity index (χ0) is 25.5. The molecule has 0 amide bonds. The van der Waals surface area contributed by atoms with Gasteiger partial charge in [0.05, 0.1) is 18.4 Å². The molecule has 0 radical (unpaired) electrons. The van der Waals surface area contributed by atoms with E-state index in [0.29, 0.717) is 24.3 Å². The Bertz CT molecular complexity index is 1090. The first-order chi connectivity index (χ1) is 17.5. The number of benzene rings is 1. The monoisotopic (exact) mass is 510 g/mol. The molecular formula is C26H38N8OS. The molecule has 0 saturated carbocycles. The van der Waals surface area contributed by atoms with Crippen molar-refractivity contribution in [1.29, 1.82) is 0 Å². The molecule has 3 N–H and O–H groups in total. The first-order valence-electron chi connectivity index (χ1n) is 12.6. The maximum Gasteiger partial charge on any atom is 0.262 e. The maximum atomic E-state index is 6.20. The zero-order valence-electron chi connectivity index (χ0n) is 21.6. The minimum atomic E-state index is 0.181. The van der Waals surface area contributed by atoms with Crippen LogP contribution in [0.3, 0.4) is 0 Å². The van der Waals surface area contributed by atoms with Crippen molar-refractivity contribution < 1.29 is 4.74 Å². The van der Waals surface area contributed by atoms with Crippen LogP contribution in [0.2, 0.25) is 0 Å². The Kier molecular flexibility index (Phi) is 9.06. The van der Waals surface area contributed by atoms with Gasteiger partial charge in [-0.25, -0.2) is 9.98 Å². The highest BCUT2D eigenvalue weighted by Gasteiger charge is 2.21. The van der Waals surface area contributed by atoms with Crippen LogP contribution < -0.4 is 20.1 Å². The molecule has 4 rings (SSSR count). The van der Waals surface area contributed by atoms with E-state index >= 15 is 0 Å². The van der Waals surface area contributed by atoms with Crippen LogP contribution in [-0.2, 0) is 6.42 Å². The highest BCUT2D eigenvalue weighted by Crippen LogP contribution is 2.30. The molecule has 9 nitrogen and oxygen atoms in total. The Morgan fingerprint density at radius 2 is 2.08 bits per heavy atom. The number of nitrogens with one attached hydrogen (secondary N) is 1. The van der Waals surface area contributed by atoms with Crippen molar-refractivity contribution >= 4 is 30.6 Å². The molecule has 36 heavy (non-hydrogen) atoms. The maximum absolute atomic E-state index is 6.20. The molecule has 0 aliphatic carbocycles. The van der Waals surface area contributed by atoms with E-state index in [1.807, 2.05) is 17.9 Å². The van der Waals surface area contributed by atoms with Crippen molar-refractivity contribution in [1.82, 2.24) is 19.4 Å². The molecule has 1 aromatic carbocycles. The van der Waals surface area contributed by atoms with E-state index in [4.69, 9.17) is 10.5 Å². The Balaban J connectivity index is 1.42. The number of rotatable bonds is 10. The molecule has 0 bridgehead atoms. The number of nitrogens with two attached hydrogens (primary N) is 1. The fraction of sp³-hybridized carbons (Fsp3) is 0.500. The lowest BCUT2D eigenvalue weighted by Gasteiger charge is -2.28.